The molecule has 1 unspecified atom stereocenters. The lowest BCUT2D eigenvalue weighted by molar-refractivity contribution is 0.195. The molecule has 0 spiro atoms. The molecule has 0 saturated heterocycles. The van der Waals surface area contributed by atoms with Crippen molar-refractivity contribution in [2.75, 3.05) is 26.2 Å². The van der Waals surface area contributed by atoms with E-state index >= 15 is 0 Å². The van der Waals surface area contributed by atoms with E-state index in [0.717, 1.165) is 25.6 Å². The monoisotopic (exact) mass is 292 g/mol. The highest BCUT2D eigenvalue weighted by atomic mass is 15.2. The lowest BCUT2D eigenvalue weighted by Crippen LogP contribution is -2.43. The first-order chi connectivity index (χ1) is 10.1. The molecule has 21 heavy (non-hydrogen) atoms. The lowest BCUT2D eigenvalue weighted by atomic mass is 9.85. The predicted octanol–water partition coefficient (Wildman–Crippen LogP) is 2.39. The normalized spacial score (nSPS) is 17.6. The minimum Gasteiger partial charge on any atom is -0.370 e. The molecule has 0 bridgehead atoms. The highest BCUT2D eigenvalue weighted by Crippen LogP contribution is 2.24. The van der Waals surface area contributed by atoms with Crippen LogP contribution < -0.4 is 11.1 Å². The van der Waals surface area contributed by atoms with Crippen molar-refractivity contribution in [1.29, 1.82) is 0 Å². The van der Waals surface area contributed by atoms with Gasteiger partial charge < -0.3 is 11.1 Å². The van der Waals surface area contributed by atoms with Crippen LogP contribution in [0.25, 0.3) is 0 Å². The van der Waals surface area contributed by atoms with Crippen LogP contribution in [0.3, 0.4) is 0 Å². The molecule has 0 radical (unpaired) electrons. The zero-order valence-corrected chi connectivity index (χ0v) is 13.7. The Balaban J connectivity index is 2.50. The van der Waals surface area contributed by atoms with Crippen LogP contribution in [0.15, 0.2) is 30.3 Å². The Labute approximate surface area is 130 Å². The Hall–Kier alpha value is -1.29. The SMILES string of the molecule is C=CCN(CC=C)C(CN=C(N)NCC1CCC1)C(C)C. The molecule has 1 aliphatic rings. The van der Waals surface area contributed by atoms with Gasteiger partial charge in [0.15, 0.2) is 5.96 Å². The van der Waals surface area contributed by atoms with Crippen molar-refractivity contribution < 1.29 is 0 Å². The third kappa shape index (κ3) is 6.34. The summed E-state index contributed by atoms with van der Waals surface area (Å²) in [4.78, 5) is 6.88. The summed E-state index contributed by atoms with van der Waals surface area (Å²) in [6, 6.07) is 0.352. The van der Waals surface area contributed by atoms with Gasteiger partial charge in [0.1, 0.15) is 0 Å². The van der Waals surface area contributed by atoms with Gasteiger partial charge in [0, 0.05) is 25.7 Å². The van der Waals surface area contributed by atoms with Crippen LogP contribution in [-0.2, 0) is 0 Å². The van der Waals surface area contributed by atoms with E-state index in [-0.39, 0.29) is 0 Å². The summed E-state index contributed by atoms with van der Waals surface area (Å²) in [5, 5.41) is 3.25. The number of hydrogen-bond acceptors (Lipinski definition) is 2. The smallest absolute Gasteiger partial charge is 0.188 e. The van der Waals surface area contributed by atoms with Crippen molar-refractivity contribution in [2.24, 2.45) is 22.6 Å². The molecule has 0 heterocycles. The second kappa shape index (κ2) is 9.61. The van der Waals surface area contributed by atoms with Gasteiger partial charge in [-0.15, -0.1) is 13.2 Å². The van der Waals surface area contributed by atoms with E-state index in [1.165, 1.54) is 19.3 Å². The average Bonchev–Trinajstić information content (AvgIpc) is 2.37. The van der Waals surface area contributed by atoms with Crippen LogP contribution >= 0.6 is 0 Å². The number of hydrogen-bond donors (Lipinski definition) is 2. The molecule has 1 atom stereocenters. The number of aliphatic imine (C=N–C) groups is 1. The molecular weight excluding hydrogens is 260 g/mol. The van der Waals surface area contributed by atoms with Gasteiger partial charge >= 0.3 is 0 Å². The van der Waals surface area contributed by atoms with Gasteiger partial charge in [0.05, 0.1) is 6.54 Å². The molecule has 0 aliphatic heterocycles. The zero-order valence-electron chi connectivity index (χ0n) is 13.7. The first-order valence-corrected chi connectivity index (χ1v) is 8.08. The first kappa shape index (κ1) is 17.8. The van der Waals surface area contributed by atoms with Crippen LogP contribution in [-0.4, -0.2) is 43.1 Å². The standard InChI is InChI=1S/C17H32N4/c1-5-10-21(11-6-2)16(14(3)4)13-20-17(18)19-12-15-8-7-9-15/h5-6,14-16H,1-2,7-13H2,3-4H3,(H3,18,19,20). The van der Waals surface area contributed by atoms with Gasteiger partial charge in [-0.2, -0.15) is 0 Å². The third-order valence-corrected chi connectivity index (χ3v) is 4.21. The van der Waals surface area contributed by atoms with Crippen LogP contribution in [0.1, 0.15) is 33.1 Å². The van der Waals surface area contributed by atoms with Crippen molar-refractivity contribution in [3.8, 4) is 0 Å². The Kier molecular flexibility index (Phi) is 8.13. The van der Waals surface area contributed by atoms with Gasteiger partial charge in [0.2, 0.25) is 0 Å². The molecule has 0 aromatic carbocycles. The van der Waals surface area contributed by atoms with Crippen molar-refractivity contribution in [3.63, 3.8) is 0 Å². The highest BCUT2D eigenvalue weighted by Gasteiger charge is 2.20. The van der Waals surface area contributed by atoms with Crippen LogP contribution in [0, 0.1) is 11.8 Å². The molecule has 120 valence electrons. The Morgan fingerprint density at radius 3 is 2.38 bits per heavy atom. The quantitative estimate of drug-likeness (QED) is 0.369. The minimum atomic E-state index is 0.352. The molecular formula is C17H32N4. The summed E-state index contributed by atoms with van der Waals surface area (Å²) >= 11 is 0. The maximum absolute atomic E-state index is 5.98. The summed E-state index contributed by atoms with van der Waals surface area (Å²) in [5.41, 5.74) is 5.98. The summed E-state index contributed by atoms with van der Waals surface area (Å²) in [5.74, 6) is 1.87. The van der Waals surface area contributed by atoms with Gasteiger partial charge in [0.25, 0.3) is 0 Å². The lowest BCUT2D eigenvalue weighted by Gasteiger charge is -2.32. The number of nitrogens with one attached hydrogen (secondary N) is 1. The molecule has 1 fully saturated rings. The largest absolute Gasteiger partial charge is 0.370 e. The number of nitrogens with two attached hydrogens (primary N) is 1. The molecule has 4 heteroatoms. The summed E-state index contributed by atoms with van der Waals surface area (Å²) in [6.45, 7) is 15.5. The van der Waals surface area contributed by atoms with Crippen molar-refractivity contribution in [3.05, 3.63) is 25.3 Å². The van der Waals surface area contributed by atoms with E-state index in [1.54, 1.807) is 0 Å². The van der Waals surface area contributed by atoms with Crippen molar-refractivity contribution >= 4 is 5.96 Å². The maximum Gasteiger partial charge on any atom is 0.188 e. The van der Waals surface area contributed by atoms with E-state index in [2.05, 4.69) is 42.2 Å². The van der Waals surface area contributed by atoms with E-state index in [9.17, 15) is 0 Å². The molecule has 0 aromatic rings. The van der Waals surface area contributed by atoms with E-state index in [4.69, 9.17) is 5.73 Å². The highest BCUT2D eigenvalue weighted by molar-refractivity contribution is 5.77. The predicted molar refractivity (Wildman–Crippen MR) is 92.4 cm³/mol. The van der Waals surface area contributed by atoms with Gasteiger partial charge in [-0.05, 0) is 24.7 Å². The first-order valence-electron chi connectivity index (χ1n) is 8.08. The molecule has 1 saturated carbocycles. The molecule has 3 N–H and O–H groups in total. The molecule has 0 aromatic heterocycles. The topological polar surface area (TPSA) is 53.6 Å². The van der Waals surface area contributed by atoms with E-state index in [1.807, 2.05) is 12.2 Å². The minimum absolute atomic E-state index is 0.352. The van der Waals surface area contributed by atoms with E-state index in [0.29, 0.717) is 24.5 Å². The van der Waals surface area contributed by atoms with Crippen LogP contribution in [0.5, 0.6) is 0 Å². The molecule has 4 nitrogen and oxygen atoms in total. The van der Waals surface area contributed by atoms with Crippen LogP contribution in [0.2, 0.25) is 0 Å². The van der Waals surface area contributed by atoms with Gasteiger partial charge in [-0.1, -0.05) is 32.4 Å². The second-order valence-electron chi connectivity index (χ2n) is 6.25. The average molecular weight is 292 g/mol. The fourth-order valence-corrected chi connectivity index (χ4v) is 2.62. The summed E-state index contributed by atoms with van der Waals surface area (Å²) in [6.07, 6.45) is 7.86. The fraction of sp³-hybridized carbons (Fsp3) is 0.706. The van der Waals surface area contributed by atoms with Crippen molar-refractivity contribution in [1.82, 2.24) is 10.2 Å². The fourth-order valence-electron chi connectivity index (χ4n) is 2.62. The Bertz CT molecular complexity index is 335. The van der Waals surface area contributed by atoms with Gasteiger partial charge in [-0.25, -0.2) is 0 Å². The Morgan fingerprint density at radius 2 is 1.95 bits per heavy atom. The van der Waals surface area contributed by atoms with Gasteiger partial charge in [-0.3, -0.25) is 9.89 Å². The van der Waals surface area contributed by atoms with Crippen LogP contribution in [0.4, 0.5) is 0 Å². The number of nitrogens with zero attached hydrogens (tertiary/aromatic N) is 2. The van der Waals surface area contributed by atoms with E-state index < -0.39 is 0 Å². The Morgan fingerprint density at radius 1 is 1.33 bits per heavy atom. The molecule has 1 rings (SSSR count). The zero-order chi connectivity index (χ0) is 15.7. The number of guanidine groups is 1. The molecule has 0 amide bonds. The number of rotatable bonds is 10. The summed E-state index contributed by atoms with van der Waals surface area (Å²) < 4.78 is 0. The summed E-state index contributed by atoms with van der Waals surface area (Å²) in [7, 11) is 0. The second-order valence-corrected chi connectivity index (χ2v) is 6.25. The molecule has 1 aliphatic carbocycles. The van der Waals surface area contributed by atoms with Crippen molar-refractivity contribution in [2.45, 2.75) is 39.2 Å². The third-order valence-electron chi connectivity index (χ3n) is 4.21. The maximum atomic E-state index is 5.98.